The van der Waals surface area contributed by atoms with Gasteiger partial charge < -0.3 is 0 Å². The highest BCUT2D eigenvalue weighted by molar-refractivity contribution is 6.30. The topological polar surface area (TPSA) is 61.8 Å². The van der Waals surface area contributed by atoms with Crippen molar-refractivity contribution in [2.24, 2.45) is 14.1 Å². The molecule has 0 radical (unpaired) electrons. The molecule has 7 heteroatoms. The van der Waals surface area contributed by atoms with Crippen LogP contribution in [-0.4, -0.2) is 18.9 Å². The minimum atomic E-state index is -0.399. The molecule has 6 nitrogen and oxygen atoms in total. The summed E-state index contributed by atoms with van der Waals surface area (Å²) in [6.45, 7) is 0. The number of halogens is 1. The Hall–Kier alpha value is -2.34. The van der Waals surface area contributed by atoms with Gasteiger partial charge in [0.25, 0.3) is 5.56 Å². The average Bonchev–Trinajstić information content (AvgIpc) is 2.89. The molecule has 0 aliphatic carbocycles. The molecule has 3 rings (SSSR count). The van der Waals surface area contributed by atoms with E-state index in [1.807, 2.05) is 0 Å². The second kappa shape index (κ2) is 4.35. The van der Waals surface area contributed by atoms with Gasteiger partial charge in [-0.3, -0.25) is 13.9 Å². The molecule has 0 aliphatic rings. The van der Waals surface area contributed by atoms with Crippen molar-refractivity contribution >= 4 is 22.6 Å². The number of benzene rings is 1. The summed E-state index contributed by atoms with van der Waals surface area (Å²) in [6.07, 6.45) is 1.61. The van der Waals surface area contributed by atoms with Crippen molar-refractivity contribution in [1.29, 1.82) is 0 Å². The summed E-state index contributed by atoms with van der Waals surface area (Å²) in [4.78, 5) is 23.9. The molecule has 0 fully saturated rings. The quantitative estimate of drug-likeness (QED) is 0.674. The summed E-state index contributed by atoms with van der Waals surface area (Å²) >= 11 is 5.84. The summed E-state index contributed by atoms with van der Waals surface area (Å²) in [5.41, 5.74) is 0.361. The van der Waals surface area contributed by atoms with E-state index < -0.39 is 5.69 Å². The van der Waals surface area contributed by atoms with Crippen molar-refractivity contribution in [2.75, 3.05) is 0 Å². The summed E-state index contributed by atoms with van der Waals surface area (Å²) in [5.74, 6) is 0. The van der Waals surface area contributed by atoms with Crippen molar-refractivity contribution in [1.82, 2.24) is 18.9 Å². The number of nitrogens with zero attached hydrogens (tertiary/aromatic N) is 4. The molecule has 2 aromatic heterocycles. The number of hydrogen-bond acceptors (Lipinski definition) is 3. The summed E-state index contributed by atoms with van der Waals surface area (Å²) < 4.78 is 3.97. The molecule has 0 amide bonds. The maximum absolute atomic E-state index is 12.1. The third-order valence-corrected chi connectivity index (χ3v) is 3.46. The van der Waals surface area contributed by atoms with E-state index in [-0.39, 0.29) is 5.56 Å². The van der Waals surface area contributed by atoms with Crippen molar-refractivity contribution in [3.05, 3.63) is 56.3 Å². The number of aromatic nitrogens is 4. The Kier molecular flexibility index (Phi) is 2.76. The van der Waals surface area contributed by atoms with E-state index in [4.69, 9.17) is 11.6 Å². The molecule has 0 aliphatic heterocycles. The first-order chi connectivity index (χ1) is 9.49. The largest absolute Gasteiger partial charge is 0.332 e. The average molecular weight is 291 g/mol. The molecular formula is C13H11ClN4O2. The lowest BCUT2D eigenvalue weighted by Gasteiger charge is -2.01. The van der Waals surface area contributed by atoms with E-state index in [0.717, 1.165) is 10.3 Å². The lowest BCUT2D eigenvalue weighted by atomic mass is 10.3. The smallest absolute Gasteiger partial charge is 0.279 e. The predicted octanol–water partition coefficient (Wildman–Crippen LogP) is 1.08. The molecule has 0 bridgehead atoms. The van der Waals surface area contributed by atoms with Crippen LogP contribution in [0.1, 0.15) is 0 Å². The maximum Gasteiger partial charge on any atom is 0.332 e. The van der Waals surface area contributed by atoms with Gasteiger partial charge in [-0.05, 0) is 24.3 Å². The highest BCUT2D eigenvalue weighted by Crippen LogP contribution is 2.14. The Labute approximate surface area is 118 Å². The predicted molar refractivity (Wildman–Crippen MR) is 76.6 cm³/mol. The first kappa shape index (κ1) is 12.7. The van der Waals surface area contributed by atoms with Crippen LogP contribution in [0, 0.1) is 0 Å². The van der Waals surface area contributed by atoms with Gasteiger partial charge in [0.15, 0.2) is 5.65 Å². The van der Waals surface area contributed by atoms with Crippen molar-refractivity contribution in [3.63, 3.8) is 0 Å². The number of hydrogen-bond donors (Lipinski definition) is 0. The van der Waals surface area contributed by atoms with Gasteiger partial charge in [0.05, 0.1) is 5.69 Å². The Morgan fingerprint density at radius 2 is 1.70 bits per heavy atom. The Morgan fingerprint density at radius 3 is 2.35 bits per heavy atom. The van der Waals surface area contributed by atoms with Crippen molar-refractivity contribution < 1.29 is 0 Å². The molecule has 0 saturated carbocycles. The van der Waals surface area contributed by atoms with Crippen LogP contribution in [0.2, 0.25) is 5.02 Å². The Bertz CT molecular complexity index is 918. The molecule has 102 valence electrons. The first-order valence-electron chi connectivity index (χ1n) is 5.90. The van der Waals surface area contributed by atoms with Crippen molar-refractivity contribution in [2.45, 2.75) is 0 Å². The monoisotopic (exact) mass is 290 g/mol. The van der Waals surface area contributed by atoms with E-state index in [1.165, 1.54) is 11.6 Å². The summed E-state index contributed by atoms with van der Waals surface area (Å²) in [5, 5.41) is 5.31. The van der Waals surface area contributed by atoms with E-state index in [2.05, 4.69) is 5.10 Å². The maximum atomic E-state index is 12.1. The zero-order valence-corrected chi connectivity index (χ0v) is 11.6. The van der Waals surface area contributed by atoms with Crippen LogP contribution in [0.5, 0.6) is 0 Å². The molecular weight excluding hydrogens is 280 g/mol. The van der Waals surface area contributed by atoms with E-state index >= 15 is 0 Å². The summed E-state index contributed by atoms with van der Waals surface area (Å²) in [6, 6.07) is 7.05. The van der Waals surface area contributed by atoms with Crippen LogP contribution >= 0.6 is 11.6 Å². The van der Waals surface area contributed by atoms with Crippen LogP contribution in [0.3, 0.4) is 0 Å². The fourth-order valence-electron chi connectivity index (χ4n) is 2.07. The molecule has 0 unspecified atom stereocenters. The van der Waals surface area contributed by atoms with Gasteiger partial charge in [0.2, 0.25) is 0 Å². The summed E-state index contributed by atoms with van der Waals surface area (Å²) in [7, 11) is 3.03. The highest BCUT2D eigenvalue weighted by Gasteiger charge is 2.12. The number of fused-ring (bicyclic) bond motifs is 1. The van der Waals surface area contributed by atoms with Gasteiger partial charge in [-0.25, -0.2) is 9.48 Å². The van der Waals surface area contributed by atoms with Crippen LogP contribution in [0.25, 0.3) is 16.7 Å². The zero-order valence-electron chi connectivity index (χ0n) is 10.9. The fourth-order valence-corrected chi connectivity index (χ4v) is 2.20. The van der Waals surface area contributed by atoms with Crippen LogP contribution in [0.4, 0.5) is 0 Å². The molecule has 0 spiro atoms. The fraction of sp³-hybridized carbons (Fsp3) is 0.154. The molecule has 2 heterocycles. The number of aryl methyl sites for hydroxylation is 1. The SMILES string of the molecule is Cn1c(=O)c2cn(-c3ccc(Cl)cc3)nc2n(C)c1=O. The normalized spacial score (nSPS) is 11.2. The standard InChI is InChI=1S/C13H11ClN4O2/c1-16-11-10(12(19)17(2)13(16)20)7-18(15-11)9-5-3-8(14)4-6-9/h3-7H,1-2H3. The molecule has 20 heavy (non-hydrogen) atoms. The van der Waals surface area contributed by atoms with Gasteiger partial charge in [-0.1, -0.05) is 11.6 Å². The zero-order chi connectivity index (χ0) is 14.4. The first-order valence-corrected chi connectivity index (χ1v) is 6.28. The van der Waals surface area contributed by atoms with Gasteiger partial charge in [0.1, 0.15) is 5.39 Å². The van der Waals surface area contributed by atoms with Crippen LogP contribution < -0.4 is 11.2 Å². The van der Waals surface area contributed by atoms with Crippen LogP contribution in [-0.2, 0) is 14.1 Å². The Morgan fingerprint density at radius 1 is 1.05 bits per heavy atom. The van der Waals surface area contributed by atoms with Gasteiger partial charge in [-0.2, -0.15) is 0 Å². The highest BCUT2D eigenvalue weighted by atomic mass is 35.5. The van der Waals surface area contributed by atoms with E-state index in [9.17, 15) is 9.59 Å². The van der Waals surface area contributed by atoms with E-state index in [0.29, 0.717) is 16.1 Å². The second-order valence-corrected chi connectivity index (χ2v) is 4.93. The van der Waals surface area contributed by atoms with E-state index in [1.54, 1.807) is 42.2 Å². The molecule has 3 aromatic rings. The third kappa shape index (κ3) is 1.77. The second-order valence-electron chi connectivity index (χ2n) is 4.49. The van der Waals surface area contributed by atoms with Crippen LogP contribution in [0.15, 0.2) is 40.1 Å². The minimum Gasteiger partial charge on any atom is -0.279 e. The van der Waals surface area contributed by atoms with Gasteiger partial charge in [0, 0.05) is 25.3 Å². The van der Waals surface area contributed by atoms with Gasteiger partial charge >= 0.3 is 5.69 Å². The molecule has 1 aromatic carbocycles. The Balaban J connectivity index is 2.34. The van der Waals surface area contributed by atoms with Crippen molar-refractivity contribution in [3.8, 4) is 5.69 Å². The molecule has 0 atom stereocenters. The third-order valence-electron chi connectivity index (χ3n) is 3.21. The molecule has 0 N–H and O–H groups in total. The molecule has 0 saturated heterocycles. The minimum absolute atomic E-state index is 0.355. The van der Waals surface area contributed by atoms with Gasteiger partial charge in [-0.15, -0.1) is 5.10 Å². The number of rotatable bonds is 1. The lowest BCUT2D eigenvalue weighted by molar-refractivity contribution is 0.706. The lowest BCUT2D eigenvalue weighted by Crippen LogP contribution is -2.36.